The van der Waals surface area contributed by atoms with Gasteiger partial charge in [-0.1, -0.05) is 34.7 Å². The molecule has 0 aliphatic heterocycles. The maximum atomic E-state index is 12.2. The molecule has 0 unspecified atom stereocenters. The Morgan fingerprint density at radius 2 is 2.17 bits per heavy atom. The van der Waals surface area contributed by atoms with Gasteiger partial charge in [0.25, 0.3) is 0 Å². The smallest absolute Gasteiger partial charge is 0.387 e. The molecule has 2 aromatic carbocycles. The molecule has 3 aromatic rings. The number of phenolic OH excluding ortho intramolecular Hbond substituents is 1. The van der Waals surface area contributed by atoms with Crippen LogP contribution < -0.4 is 10.1 Å². The molecule has 3 rings (SSSR count). The lowest BCUT2D eigenvalue weighted by molar-refractivity contribution is -0.0512. The van der Waals surface area contributed by atoms with Crippen LogP contribution >= 0.6 is 22.6 Å². The first-order valence-electron chi connectivity index (χ1n) is 8.22. The number of benzene rings is 2. The van der Waals surface area contributed by atoms with E-state index in [0.29, 0.717) is 11.4 Å². The van der Waals surface area contributed by atoms with Gasteiger partial charge in [0.2, 0.25) is 0 Å². The summed E-state index contributed by atoms with van der Waals surface area (Å²) in [6.45, 7) is -3.04. The number of halogens is 3. The number of nitrogens with one attached hydrogen (secondary N) is 2. The molecule has 1 heterocycles. The van der Waals surface area contributed by atoms with Crippen LogP contribution in [0, 0.1) is 11.3 Å². The minimum Gasteiger partial charge on any atom is -0.504 e. The maximum absolute atomic E-state index is 12.2. The van der Waals surface area contributed by atoms with Crippen LogP contribution in [0.1, 0.15) is 16.7 Å². The number of ether oxygens (including phenoxy) is 1. The monoisotopic (exact) mass is 509 g/mol. The highest BCUT2D eigenvalue weighted by Gasteiger charge is 2.13. The van der Waals surface area contributed by atoms with Gasteiger partial charge in [-0.3, -0.25) is 5.10 Å². The lowest BCUT2D eigenvalue weighted by Crippen LogP contribution is -2.02. The van der Waals surface area contributed by atoms with Crippen LogP contribution in [0.15, 0.2) is 47.5 Å². The molecule has 148 valence electrons. The molecule has 1 aromatic heterocycles. The number of aromatic hydroxyl groups is 1. The van der Waals surface area contributed by atoms with Crippen molar-refractivity contribution < 1.29 is 18.6 Å². The highest BCUT2D eigenvalue weighted by Crippen LogP contribution is 2.29. The van der Waals surface area contributed by atoms with Gasteiger partial charge in [-0.2, -0.15) is 19.1 Å². The average Bonchev–Trinajstić information content (AvgIpc) is 3.09. The van der Waals surface area contributed by atoms with Crippen molar-refractivity contribution in [3.8, 4) is 17.6 Å². The first-order valence-corrected chi connectivity index (χ1v) is 9.75. The fourth-order valence-electron chi connectivity index (χ4n) is 2.44. The Hall–Kier alpha value is -3.20. The molecule has 0 fully saturated rings. The molecule has 0 spiro atoms. The summed E-state index contributed by atoms with van der Waals surface area (Å²) in [5, 5.41) is 29.1. The van der Waals surface area contributed by atoms with E-state index in [2.05, 4.69) is 47.8 Å². The van der Waals surface area contributed by atoms with Crippen molar-refractivity contribution in [3.63, 3.8) is 0 Å². The predicted octanol–water partition coefficient (Wildman–Crippen LogP) is 5.02. The Labute approximate surface area is 178 Å². The van der Waals surface area contributed by atoms with Crippen LogP contribution in [0.2, 0.25) is 0 Å². The topological polar surface area (TPSA) is 106 Å². The largest absolute Gasteiger partial charge is 0.504 e. The normalized spacial score (nSPS) is 11.0. The van der Waals surface area contributed by atoms with Gasteiger partial charge in [0.05, 0.1) is 0 Å². The molecule has 0 bridgehead atoms. The molecular formula is C19H14F2IN5O2. The number of nitrogens with zero attached hydrogens (tertiary/aromatic N) is 3. The summed E-state index contributed by atoms with van der Waals surface area (Å²) in [7, 11) is 0. The molecular weight excluding hydrogens is 495 g/mol. The number of aromatic amines is 1. The third kappa shape index (κ3) is 5.20. The van der Waals surface area contributed by atoms with Crippen LogP contribution in [0.25, 0.3) is 0 Å². The zero-order valence-electron chi connectivity index (χ0n) is 14.7. The summed E-state index contributed by atoms with van der Waals surface area (Å²) in [5.41, 5.74) is 2.55. The predicted molar refractivity (Wildman–Crippen MR) is 113 cm³/mol. The Bertz CT molecular complexity index is 1080. The van der Waals surface area contributed by atoms with Gasteiger partial charge in [0.15, 0.2) is 23.1 Å². The number of nitriles is 1. The van der Waals surface area contributed by atoms with E-state index in [1.165, 1.54) is 24.4 Å². The number of alkyl halides is 3. The van der Waals surface area contributed by atoms with Gasteiger partial charge < -0.3 is 15.2 Å². The number of aromatic nitrogens is 2. The van der Waals surface area contributed by atoms with Gasteiger partial charge in [0, 0.05) is 16.3 Å². The first kappa shape index (κ1) is 20.5. The summed E-state index contributed by atoms with van der Waals surface area (Å²) in [6.07, 6.45) is 1.36. The second-order valence-electron chi connectivity index (χ2n) is 5.73. The third-order valence-corrected chi connectivity index (χ3v) is 4.63. The van der Waals surface area contributed by atoms with E-state index < -0.39 is 12.4 Å². The zero-order valence-corrected chi connectivity index (χ0v) is 16.9. The van der Waals surface area contributed by atoms with Crippen molar-refractivity contribution in [3.05, 3.63) is 59.2 Å². The Morgan fingerprint density at radius 1 is 1.34 bits per heavy atom. The van der Waals surface area contributed by atoms with E-state index in [0.717, 1.165) is 15.7 Å². The average molecular weight is 509 g/mol. The molecule has 3 N–H and O–H groups in total. The minimum absolute atomic E-state index is 0.211. The molecule has 7 nitrogen and oxygen atoms in total. The molecule has 10 heteroatoms. The molecule has 0 radical (unpaired) electrons. The van der Waals surface area contributed by atoms with Gasteiger partial charge in [-0.05, 0) is 41.5 Å². The van der Waals surface area contributed by atoms with E-state index in [4.69, 9.17) is 0 Å². The number of phenols is 1. The number of aliphatic imine (C=N–C) groups is 1. The highest BCUT2D eigenvalue weighted by molar-refractivity contribution is 14.1. The van der Waals surface area contributed by atoms with Crippen LogP contribution in [0.5, 0.6) is 11.5 Å². The van der Waals surface area contributed by atoms with Crippen molar-refractivity contribution >= 4 is 46.1 Å². The summed E-state index contributed by atoms with van der Waals surface area (Å²) >= 11 is 2.26. The highest BCUT2D eigenvalue weighted by atomic mass is 127. The van der Waals surface area contributed by atoms with Crippen molar-refractivity contribution in [2.75, 3.05) is 5.32 Å². The van der Waals surface area contributed by atoms with Crippen molar-refractivity contribution in [1.29, 1.82) is 5.26 Å². The van der Waals surface area contributed by atoms with Crippen molar-refractivity contribution in [2.45, 2.75) is 11.0 Å². The molecule has 0 aliphatic carbocycles. The number of hydrogen-bond donors (Lipinski definition) is 3. The van der Waals surface area contributed by atoms with E-state index in [9.17, 15) is 19.1 Å². The summed E-state index contributed by atoms with van der Waals surface area (Å²) in [4.78, 5) is 4.17. The number of anilines is 2. The van der Waals surface area contributed by atoms with Crippen molar-refractivity contribution in [2.24, 2.45) is 4.99 Å². The van der Waals surface area contributed by atoms with Gasteiger partial charge in [-0.25, -0.2) is 4.99 Å². The second kappa shape index (κ2) is 9.33. The lowest BCUT2D eigenvalue weighted by Gasteiger charge is -2.06. The third-order valence-electron chi connectivity index (χ3n) is 3.74. The quantitative estimate of drug-likeness (QED) is 0.236. The summed E-state index contributed by atoms with van der Waals surface area (Å²) < 4.78 is 29.5. The molecule has 29 heavy (non-hydrogen) atoms. The van der Waals surface area contributed by atoms with E-state index in [1.54, 1.807) is 0 Å². The molecule has 0 atom stereocenters. The molecule has 0 saturated heterocycles. The number of hydrogen-bond acceptors (Lipinski definition) is 6. The van der Waals surface area contributed by atoms with E-state index in [-0.39, 0.29) is 17.1 Å². The maximum Gasteiger partial charge on any atom is 0.387 e. The molecule has 0 amide bonds. The van der Waals surface area contributed by atoms with Gasteiger partial charge in [0.1, 0.15) is 11.6 Å². The minimum atomic E-state index is -3.04. The second-order valence-corrected chi connectivity index (χ2v) is 6.49. The number of H-pyrrole nitrogens is 1. The first-order chi connectivity index (χ1) is 14.0. The SMILES string of the molecule is N#Cc1c(Nc2cccc(CI)c2)n[nH]c1/N=C/c1ccc(OC(F)F)c(O)c1. The fourth-order valence-corrected chi connectivity index (χ4v) is 2.92. The molecule has 0 aliphatic rings. The van der Waals surface area contributed by atoms with E-state index >= 15 is 0 Å². The van der Waals surface area contributed by atoms with Crippen LogP contribution in [-0.4, -0.2) is 28.1 Å². The summed E-state index contributed by atoms with van der Waals surface area (Å²) in [5.74, 6) is -0.241. The van der Waals surface area contributed by atoms with Gasteiger partial charge in [-0.15, -0.1) is 0 Å². The van der Waals surface area contributed by atoms with Crippen LogP contribution in [0.3, 0.4) is 0 Å². The number of rotatable bonds is 7. The Kier molecular flexibility index (Phi) is 6.61. The van der Waals surface area contributed by atoms with Gasteiger partial charge >= 0.3 is 6.61 Å². The standard InChI is InChI=1S/C19H14F2IN5O2/c20-19(21)29-16-5-4-12(7-15(16)28)10-24-17-14(9-23)18(27-26-17)25-13-3-1-2-11(6-13)8-22/h1-7,10,19,28H,8H2,(H2,25,26,27)/b24-10+. The fraction of sp³-hybridized carbons (Fsp3) is 0.105. The van der Waals surface area contributed by atoms with E-state index in [1.807, 2.05) is 30.3 Å². The zero-order chi connectivity index (χ0) is 20.8. The van der Waals surface area contributed by atoms with Crippen molar-refractivity contribution in [1.82, 2.24) is 10.2 Å². The van der Waals surface area contributed by atoms with Crippen LogP contribution in [-0.2, 0) is 4.43 Å². The summed E-state index contributed by atoms with van der Waals surface area (Å²) in [6, 6.07) is 13.6. The Balaban J connectivity index is 1.80. The molecule has 0 saturated carbocycles. The lowest BCUT2D eigenvalue weighted by atomic mass is 10.2. The van der Waals surface area contributed by atoms with Crippen LogP contribution in [0.4, 0.5) is 26.1 Å². The Morgan fingerprint density at radius 3 is 2.86 bits per heavy atom.